The van der Waals surface area contributed by atoms with Gasteiger partial charge in [0.15, 0.2) is 0 Å². The van der Waals surface area contributed by atoms with Crippen LogP contribution in [0, 0.1) is 5.82 Å². The average Bonchev–Trinajstić information content (AvgIpc) is 2.18. The second-order valence-electron chi connectivity index (χ2n) is 3.47. The van der Waals surface area contributed by atoms with E-state index in [-0.39, 0.29) is 5.82 Å². The summed E-state index contributed by atoms with van der Waals surface area (Å²) in [5, 5.41) is 10.3. The summed E-state index contributed by atoms with van der Waals surface area (Å²) < 4.78 is 13.0. The molecule has 0 aromatic heterocycles. The van der Waals surface area contributed by atoms with Gasteiger partial charge in [0.25, 0.3) is 0 Å². The molecule has 0 aliphatic rings. The van der Waals surface area contributed by atoms with Gasteiger partial charge in [0.1, 0.15) is 5.82 Å². The molecule has 3 heteroatoms. The molecule has 0 fully saturated rings. The molecule has 0 aliphatic carbocycles. The van der Waals surface area contributed by atoms with Crippen LogP contribution in [0.25, 0.3) is 0 Å². The minimum atomic E-state index is -1.11. The monoisotopic (exact) mass is 228 g/mol. The molecule has 1 N–H and O–H groups in total. The summed E-state index contributed by atoms with van der Waals surface area (Å²) in [6, 6.07) is 5.95. The molecule has 0 amide bonds. The summed E-state index contributed by atoms with van der Waals surface area (Å²) >= 11 is 5.62. The van der Waals surface area contributed by atoms with Crippen molar-refractivity contribution in [3.05, 3.63) is 48.3 Å². The molecule has 0 radical (unpaired) electrons. The quantitative estimate of drug-likeness (QED) is 0.606. The van der Waals surface area contributed by atoms with Gasteiger partial charge in [-0.15, -0.1) is 18.2 Å². The van der Waals surface area contributed by atoms with Crippen molar-refractivity contribution >= 4 is 11.6 Å². The fraction of sp³-hybridized carbons (Fsp3) is 0.333. The maximum atomic E-state index is 13.0. The number of rotatable bonds is 5. The molecule has 0 heterocycles. The third-order valence-corrected chi connectivity index (χ3v) is 2.54. The normalized spacial score (nSPS) is 14.6. The van der Waals surface area contributed by atoms with Crippen LogP contribution in [-0.4, -0.2) is 11.0 Å². The Morgan fingerprint density at radius 1 is 1.53 bits per heavy atom. The minimum Gasteiger partial charge on any atom is -0.385 e. The number of hydrogen-bond donors (Lipinski definition) is 1. The van der Waals surface area contributed by atoms with E-state index in [1.807, 2.05) is 0 Å². The van der Waals surface area contributed by atoms with Crippen molar-refractivity contribution in [3.8, 4) is 0 Å². The SMILES string of the molecule is C=CCC(O)(CCCl)c1cccc(F)c1. The molecular formula is C12H14ClFO. The number of hydrogen-bond acceptors (Lipinski definition) is 1. The molecule has 1 rings (SSSR count). The van der Waals surface area contributed by atoms with Crippen LogP contribution in [0.5, 0.6) is 0 Å². The van der Waals surface area contributed by atoms with Crippen LogP contribution in [0.15, 0.2) is 36.9 Å². The highest BCUT2D eigenvalue weighted by Gasteiger charge is 2.27. The third kappa shape index (κ3) is 3.05. The standard InChI is InChI=1S/C12H14ClFO/c1-2-6-12(15,7-8-13)10-4-3-5-11(14)9-10/h2-5,9,15H,1,6-8H2. The molecule has 15 heavy (non-hydrogen) atoms. The van der Waals surface area contributed by atoms with E-state index >= 15 is 0 Å². The van der Waals surface area contributed by atoms with Crippen molar-refractivity contribution in [2.45, 2.75) is 18.4 Å². The van der Waals surface area contributed by atoms with Gasteiger partial charge in [-0.2, -0.15) is 0 Å². The Balaban J connectivity index is 3.02. The topological polar surface area (TPSA) is 20.2 Å². The van der Waals surface area contributed by atoms with Gasteiger partial charge < -0.3 is 5.11 Å². The number of aliphatic hydroxyl groups is 1. The second-order valence-corrected chi connectivity index (χ2v) is 3.85. The van der Waals surface area contributed by atoms with Gasteiger partial charge in [0, 0.05) is 5.88 Å². The zero-order valence-corrected chi connectivity index (χ0v) is 9.17. The lowest BCUT2D eigenvalue weighted by Crippen LogP contribution is -2.25. The predicted molar refractivity (Wildman–Crippen MR) is 60.4 cm³/mol. The summed E-state index contributed by atoms with van der Waals surface area (Å²) in [5.41, 5.74) is -0.561. The first-order chi connectivity index (χ1) is 7.12. The fourth-order valence-corrected chi connectivity index (χ4v) is 1.85. The molecule has 0 saturated heterocycles. The predicted octanol–water partition coefficient (Wildman–Crippen LogP) is 3.22. The highest BCUT2D eigenvalue weighted by Crippen LogP contribution is 2.29. The Labute approximate surface area is 94.2 Å². The first-order valence-electron chi connectivity index (χ1n) is 4.77. The van der Waals surface area contributed by atoms with E-state index in [0.717, 1.165) is 0 Å². The molecule has 1 aromatic rings. The zero-order chi connectivity index (χ0) is 11.3. The molecule has 1 atom stereocenters. The molecule has 0 bridgehead atoms. The van der Waals surface area contributed by atoms with Crippen molar-refractivity contribution < 1.29 is 9.50 Å². The summed E-state index contributed by atoms with van der Waals surface area (Å²) in [4.78, 5) is 0. The van der Waals surface area contributed by atoms with E-state index < -0.39 is 5.60 Å². The summed E-state index contributed by atoms with van der Waals surface area (Å²) in [6.45, 7) is 3.58. The lowest BCUT2D eigenvalue weighted by atomic mass is 9.88. The van der Waals surface area contributed by atoms with E-state index in [1.165, 1.54) is 12.1 Å². The molecular weight excluding hydrogens is 215 g/mol. The van der Waals surface area contributed by atoms with Crippen molar-refractivity contribution in [2.75, 3.05) is 5.88 Å². The van der Waals surface area contributed by atoms with Gasteiger partial charge in [-0.25, -0.2) is 4.39 Å². The van der Waals surface area contributed by atoms with Crippen molar-refractivity contribution in [3.63, 3.8) is 0 Å². The van der Waals surface area contributed by atoms with Gasteiger partial charge in [-0.3, -0.25) is 0 Å². The number of alkyl halides is 1. The minimum absolute atomic E-state index is 0.320. The average molecular weight is 229 g/mol. The van der Waals surface area contributed by atoms with Crippen LogP contribution in [0.1, 0.15) is 18.4 Å². The smallest absolute Gasteiger partial charge is 0.123 e. The van der Waals surface area contributed by atoms with Crippen LogP contribution in [-0.2, 0) is 5.60 Å². The molecule has 0 spiro atoms. The molecule has 1 unspecified atom stereocenters. The molecule has 82 valence electrons. The Morgan fingerprint density at radius 2 is 2.27 bits per heavy atom. The van der Waals surface area contributed by atoms with Gasteiger partial charge in [-0.1, -0.05) is 18.2 Å². The van der Waals surface area contributed by atoms with Gasteiger partial charge >= 0.3 is 0 Å². The first kappa shape index (κ1) is 12.2. The van der Waals surface area contributed by atoms with Gasteiger partial charge in [0.05, 0.1) is 5.60 Å². The van der Waals surface area contributed by atoms with E-state index in [1.54, 1.807) is 18.2 Å². The van der Waals surface area contributed by atoms with E-state index in [2.05, 4.69) is 6.58 Å². The lowest BCUT2D eigenvalue weighted by molar-refractivity contribution is 0.0362. The number of halogens is 2. The largest absolute Gasteiger partial charge is 0.385 e. The third-order valence-electron chi connectivity index (χ3n) is 2.35. The Kier molecular flexibility index (Phi) is 4.30. The summed E-state index contributed by atoms with van der Waals surface area (Å²) in [7, 11) is 0. The maximum Gasteiger partial charge on any atom is 0.123 e. The van der Waals surface area contributed by atoms with Crippen LogP contribution in [0.3, 0.4) is 0 Å². The highest BCUT2D eigenvalue weighted by molar-refractivity contribution is 6.17. The summed E-state index contributed by atoms with van der Waals surface area (Å²) in [5.74, 6) is -0.0366. The molecule has 1 aromatic carbocycles. The van der Waals surface area contributed by atoms with E-state index in [0.29, 0.717) is 24.3 Å². The molecule has 0 saturated carbocycles. The maximum absolute atomic E-state index is 13.0. The lowest BCUT2D eigenvalue weighted by Gasteiger charge is -2.26. The fourth-order valence-electron chi connectivity index (χ4n) is 1.54. The second kappa shape index (κ2) is 5.29. The van der Waals surface area contributed by atoms with Gasteiger partial charge in [0.2, 0.25) is 0 Å². The van der Waals surface area contributed by atoms with E-state index in [4.69, 9.17) is 11.6 Å². The first-order valence-corrected chi connectivity index (χ1v) is 5.31. The van der Waals surface area contributed by atoms with Crippen LogP contribution >= 0.6 is 11.6 Å². The zero-order valence-electron chi connectivity index (χ0n) is 8.42. The van der Waals surface area contributed by atoms with Crippen molar-refractivity contribution in [2.24, 2.45) is 0 Å². The Hall–Kier alpha value is -0.860. The highest BCUT2D eigenvalue weighted by atomic mass is 35.5. The van der Waals surface area contributed by atoms with Crippen molar-refractivity contribution in [1.29, 1.82) is 0 Å². The molecule has 0 aliphatic heterocycles. The van der Waals surface area contributed by atoms with Crippen LogP contribution in [0.4, 0.5) is 4.39 Å². The number of benzene rings is 1. The molecule has 1 nitrogen and oxygen atoms in total. The Bertz CT molecular complexity index is 340. The summed E-state index contributed by atoms with van der Waals surface area (Å²) in [6.07, 6.45) is 2.35. The van der Waals surface area contributed by atoms with Crippen LogP contribution in [0.2, 0.25) is 0 Å². The van der Waals surface area contributed by atoms with Crippen LogP contribution < -0.4 is 0 Å². The van der Waals surface area contributed by atoms with Gasteiger partial charge in [-0.05, 0) is 30.5 Å². The van der Waals surface area contributed by atoms with E-state index in [9.17, 15) is 9.50 Å². The Morgan fingerprint density at radius 3 is 2.80 bits per heavy atom. The van der Waals surface area contributed by atoms with Crippen molar-refractivity contribution in [1.82, 2.24) is 0 Å².